The van der Waals surface area contributed by atoms with Gasteiger partial charge in [0, 0.05) is 25.9 Å². The Labute approximate surface area is 162 Å². The van der Waals surface area contributed by atoms with Gasteiger partial charge in [0.05, 0.1) is 23.7 Å². The molecule has 0 unspecified atom stereocenters. The summed E-state index contributed by atoms with van der Waals surface area (Å²) in [6.07, 6.45) is 1.22. The minimum atomic E-state index is -0.553. The first-order valence-electron chi connectivity index (χ1n) is 9.27. The molecule has 3 heterocycles. The highest BCUT2D eigenvalue weighted by Gasteiger charge is 2.64. The van der Waals surface area contributed by atoms with Gasteiger partial charge in [-0.25, -0.2) is 4.39 Å². The van der Waals surface area contributed by atoms with Gasteiger partial charge in [0.15, 0.2) is 5.72 Å². The Morgan fingerprint density at radius 1 is 1.22 bits per heavy atom. The van der Waals surface area contributed by atoms with E-state index in [0.717, 1.165) is 24.1 Å². The number of hydrogen-bond acceptors (Lipinski definition) is 3. The minimum absolute atomic E-state index is 0.00236. The number of benzene rings is 2. The summed E-state index contributed by atoms with van der Waals surface area (Å²) in [6.45, 7) is 1.93. The molecule has 2 aromatic rings. The zero-order valence-corrected chi connectivity index (χ0v) is 15.5. The van der Waals surface area contributed by atoms with Crippen LogP contribution in [0, 0.1) is 5.82 Å². The van der Waals surface area contributed by atoms with Crippen molar-refractivity contribution in [2.75, 3.05) is 13.2 Å². The van der Waals surface area contributed by atoms with Gasteiger partial charge in [-0.15, -0.1) is 0 Å². The van der Waals surface area contributed by atoms with Gasteiger partial charge in [-0.05, 0) is 23.3 Å². The molecule has 3 atom stereocenters. The summed E-state index contributed by atoms with van der Waals surface area (Å²) < 4.78 is 20.1. The van der Waals surface area contributed by atoms with E-state index in [1.54, 1.807) is 6.07 Å². The molecule has 2 aromatic carbocycles. The molecule has 4 nitrogen and oxygen atoms in total. The second-order valence-corrected chi connectivity index (χ2v) is 7.94. The molecule has 3 aliphatic heterocycles. The number of hydrogen-bond donors (Lipinski definition) is 0. The topological polar surface area (TPSA) is 32.8 Å². The standard InChI is InChI=1S/C21H20ClFN2O2/c22-16-7-6-14(10-17(16)23)12-24-9-8-21-19(24)11-20(26)25(21)18(13-27-21)15-4-2-1-3-5-15/h1-7,10,18-19H,8-9,11-13H2/t18-,19+,21-/m0/s1. The highest BCUT2D eigenvalue weighted by molar-refractivity contribution is 6.30. The number of ether oxygens (including phenoxy) is 1. The van der Waals surface area contributed by atoms with Gasteiger partial charge >= 0.3 is 0 Å². The summed E-state index contributed by atoms with van der Waals surface area (Å²) >= 11 is 5.79. The fourth-order valence-electron chi connectivity index (χ4n) is 4.91. The van der Waals surface area contributed by atoms with E-state index >= 15 is 0 Å². The number of carbonyl (C=O) groups is 1. The van der Waals surface area contributed by atoms with Crippen molar-refractivity contribution >= 4 is 17.5 Å². The quantitative estimate of drug-likeness (QED) is 0.805. The highest BCUT2D eigenvalue weighted by atomic mass is 35.5. The summed E-state index contributed by atoms with van der Waals surface area (Å²) in [4.78, 5) is 17.1. The predicted octanol–water partition coefficient (Wildman–Crippen LogP) is 3.75. The molecular formula is C21H20ClFN2O2. The van der Waals surface area contributed by atoms with Crippen molar-refractivity contribution < 1.29 is 13.9 Å². The minimum Gasteiger partial charge on any atom is -0.351 e. The van der Waals surface area contributed by atoms with Gasteiger partial charge < -0.3 is 9.64 Å². The molecule has 6 heteroatoms. The Morgan fingerprint density at radius 3 is 2.81 bits per heavy atom. The normalized spacial score (nSPS) is 30.0. The molecule has 27 heavy (non-hydrogen) atoms. The molecule has 3 fully saturated rings. The average Bonchev–Trinajstić information content (AvgIpc) is 3.29. The summed E-state index contributed by atoms with van der Waals surface area (Å²) in [5.74, 6) is -0.271. The molecule has 0 saturated carbocycles. The third-order valence-corrected chi connectivity index (χ3v) is 6.43. The van der Waals surface area contributed by atoms with Gasteiger partial charge in [0.2, 0.25) is 5.91 Å². The largest absolute Gasteiger partial charge is 0.351 e. The SMILES string of the molecule is O=C1C[C@H]2N(Cc3ccc(Cl)c(F)c3)CC[C@]23OC[C@@H](c2ccccc2)N13. The van der Waals surface area contributed by atoms with Crippen molar-refractivity contribution in [2.45, 2.75) is 37.2 Å². The van der Waals surface area contributed by atoms with Crippen LogP contribution in [-0.2, 0) is 16.1 Å². The molecule has 0 radical (unpaired) electrons. The molecule has 3 aliphatic rings. The summed E-state index contributed by atoms with van der Waals surface area (Å²) in [6, 6.07) is 14.9. The van der Waals surface area contributed by atoms with Crippen LogP contribution in [-0.4, -0.2) is 40.6 Å². The van der Waals surface area contributed by atoms with Gasteiger partial charge in [-0.3, -0.25) is 9.69 Å². The third-order valence-electron chi connectivity index (χ3n) is 6.12. The lowest BCUT2D eigenvalue weighted by Gasteiger charge is -2.33. The Balaban J connectivity index is 1.41. The van der Waals surface area contributed by atoms with E-state index in [4.69, 9.17) is 16.3 Å². The van der Waals surface area contributed by atoms with Gasteiger partial charge in [0.25, 0.3) is 0 Å². The molecule has 5 rings (SSSR count). The Bertz CT molecular complexity index is 893. The summed E-state index contributed by atoms with van der Waals surface area (Å²) in [7, 11) is 0. The molecule has 0 N–H and O–H groups in total. The number of rotatable bonds is 3. The molecule has 3 saturated heterocycles. The first-order chi connectivity index (χ1) is 13.1. The van der Waals surface area contributed by atoms with Crippen LogP contribution in [0.1, 0.15) is 30.0 Å². The number of amides is 1. The molecule has 0 aromatic heterocycles. The smallest absolute Gasteiger partial charge is 0.227 e. The fraction of sp³-hybridized carbons (Fsp3) is 0.381. The van der Waals surface area contributed by atoms with E-state index in [9.17, 15) is 9.18 Å². The van der Waals surface area contributed by atoms with Gasteiger partial charge in [-0.2, -0.15) is 0 Å². The van der Waals surface area contributed by atoms with E-state index in [0.29, 0.717) is 19.6 Å². The number of likely N-dealkylation sites (tertiary alicyclic amines) is 1. The van der Waals surface area contributed by atoms with E-state index < -0.39 is 11.5 Å². The van der Waals surface area contributed by atoms with Crippen molar-refractivity contribution in [3.05, 3.63) is 70.5 Å². The van der Waals surface area contributed by atoms with E-state index in [1.807, 2.05) is 29.2 Å². The molecule has 140 valence electrons. The third kappa shape index (κ3) is 2.60. The van der Waals surface area contributed by atoms with Crippen molar-refractivity contribution in [3.63, 3.8) is 0 Å². The van der Waals surface area contributed by atoms with Crippen LogP contribution in [0.2, 0.25) is 5.02 Å². The van der Waals surface area contributed by atoms with Crippen LogP contribution in [0.3, 0.4) is 0 Å². The average molecular weight is 387 g/mol. The van der Waals surface area contributed by atoms with Crippen molar-refractivity contribution in [1.82, 2.24) is 9.80 Å². The fourth-order valence-corrected chi connectivity index (χ4v) is 5.03. The maximum absolute atomic E-state index is 13.8. The van der Waals surface area contributed by atoms with Crippen LogP contribution in [0.15, 0.2) is 48.5 Å². The molecule has 0 aliphatic carbocycles. The second-order valence-electron chi connectivity index (χ2n) is 7.53. The molecule has 0 bridgehead atoms. The highest BCUT2D eigenvalue weighted by Crippen LogP contribution is 2.51. The number of halogens is 2. The molecular weight excluding hydrogens is 367 g/mol. The van der Waals surface area contributed by atoms with Crippen LogP contribution < -0.4 is 0 Å². The maximum Gasteiger partial charge on any atom is 0.227 e. The molecule has 1 spiro atoms. The Hall–Kier alpha value is -1.95. The predicted molar refractivity (Wildman–Crippen MR) is 99.6 cm³/mol. The van der Waals surface area contributed by atoms with Crippen LogP contribution in [0.4, 0.5) is 4.39 Å². The van der Waals surface area contributed by atoms with Crippen molar-refractivity contribution in [3.8, 4) is 0 Å². The van der Waals surface area contributed by atoms with E-state index in [-0.39, 0.29) is 23.0 Å². The first kappa shape index (κ1) is 17.2. The van der Waals surface area contributed by atoms with Crippen LogP contribution in [0.25, 0.3) is 0 Å². The van der Waals surface area contributed by atoms with Gasteiger partial charge in [0.1, 0.15) is 5.82 Å². The van der Waals surface area contributed by atoms with Crippen molar-refractivity contribution in [1.29, 1.82) is 0 Å². The lowest BCUT2D eigenvalue weighted by molar-refractivity contribution is -0.138. The zero-order valence-electron chi connectivity index (χ0n) is 14.8. The number of nitrogens with zero attached hydrogens (tertiary/aromatic N) is 2. The monoisotopic (exact) mass is 386 g/mol. The zero-order chi connectivity index (χ0) is 18.6. The van der Waals surface area contributed by atoms with E-state index in [2.05, 4.69) is 17.0 Å². The Kier molecular flexibility index (Phi) is 4.00. The number of carbonyl (C=O) groups excluding carboxylic acids is 1. The maximum atomic E-state index is 13.8. The summed E-state index contributed by atoms with van der Waals surface area (Å²) in [5, 5.41) is 0.128. The lowest BCUT2D eigenvalue weighted by Crippen LogP contribution is -2.48. The molecule has 1 amide bonds. The first-order valence-corrected chi connectivity index (χ1v) is 9.65. The van der Waals surface area contributed by atoms with Crippen LogP contribution in [0.5, 0.6) is 0 Å². The van der Waals surface area contributed by atoms with Crippen LogP contribution >= 0.6 is 11.6 Å². The Morgan fingerprint density at radius 2 is 2.04 bits per heavy atom. The lowest BCUT2D eigenvalue weighted by atomic mass is 10.0. The van der Waals surface area contributed by atoms with Crippen molar-refractivity contribution in [2.24, 2.45) is 0 Å². The summed E-state index contributed by atoms with van der Waals surface area (Å²) in [5.41, 5.74) is 1.42. The van der Waals surface area contributed by atoms with E-state index in [1.165, 1.54) is 6.07 Å². The van der Waals surface area contributed by atoms with Gasteiger partial charge in [-0.1, -0.05) is 48.0 Å². The second kappa shape index (κ2) is 6.30.